The molecule has 0 aromatic heterocycles. The van der Waals surface area contributed by atoms with Crippen LogP contribution in [0.4, 0.5) is 0 Å². The van der Waals surface area contributed by atoms with Crippen molar-refractivity contribution < 1.29 is 17.9 Å². The molecule has 0 saturated carbocycles. The van der Waals surface area contributed by atoms with Gasteiger partial charge in [-0.25, -0.2) is 4.79 Å². The molecule has 0 spiro atoms. The number of hydrogen-bond donors (Lipinski definition) is 2. The van der Waals surface area contributed by atoms with Crippen LogP contribution < -0.4 is 0 Å². The molecule has 0 heterocycles. The number of carboxylic acids is 1. The monoisotopic (exact) mass is 356 g/mol. The van der Waals surface area contributed by atoms with Crippen molar-refractivity contribution >= 4 is 46.4 Å². The van der Waals surface area contributed by atoms with Gasteiger partial charge in [0.2, 0.25) is 0 Å². The van der Waals surface area contributed by atoms with Gasteiger partial charge in [0.25, 0.3) is 0 Å². The summed E-state index contributed by atoms with van der Waals surface area (Å²) in [6, 6.07) is 0. The first kappa shape index (κ1) is 28.5. The molecule has 0 aromatic rings. The summed E-state index contributed by atoms with van der Waals surface area (Å²) in [6.45, 7) is 2.26. The molecule has 0 saturated heterocycles. The molecule has 0 aliphatic carbocycles. The standard InChI is InChI=1S/C18H36O3.Al.Mg.5H/c1-2-3-4-5-6-7-8-9-10-11-12-13-14-15-16-17(19)18(20)21;;;;;;;/h17,19H,2-16H2,1H3,(H,20,21);;;;;;;/q;;+2;;;;2*-1. The minimum absolute atomic E-state index is 0. The largest absolute Gasteiger partial charge is 2.00 e. The van der Waals surface area contributed by atoms with Crippen LogP contribution in [0.1, 0.15) is 106 Å². The maximum atomic E-state index is 10.4. The summed E-state index contributed by atoms with van der Waals surface area (Å²) >= 11 is 0. The van der Waals surface area contributed by atoms with Gasteiger partial charge in [0.1, 0.15) is 0 Å². The van der Waals surface area contributed by atoms with Gasteiger partial charge in [-0.1, -0.05) is 96.8 Å². The number of aliphatic hydroxyl groups is 1. The van der Waals surface area contributed by atoms with E-state index in [0.717, 1.165) is 12.8 Å². The quantitative estimate of drug-likeness (QED) is 0.325. The molecule has 1 atom stereocenters. The zero-order valence-corrected chi connectivity index (χ0v) is 16.1. The molecule has 136 valence electrons. The van der Waals surface area contributed by atoms with Crippen LogP contribution in [0.25, 0.3) is 0 Å². The Bertz CT molecular complexity index is 250. The summed E-state index contributed by atoms with van der Waals surface area (Å²) in [5.41, 5.74) is 0. The first-order chi connectivity index (χ1) is 10.2. The van der Waals surface area contributed by atoms with Crippen molar-refractivity contribution in [3.05, 3.63) is 0 Å². The molecule has 0 aliphatic heterocycles. The second kappa shape index (κ2) is 22.7. The SMILES string of the molecule is CCCCCCCCCCCCCCCCC(O)C(=O)O.[AlH3].[H-].[H-].[Mg+2]. The minimum atomic E-state index is -1.16. The zero-order chi connectivity index (χ0) is 15.8. The van der Waals surface area contributed by atoms with E-state index in [1.165, 1.54) is 77.0 Å². The minimum Gasteiger partial charge on any atom is -1.00 e. The van der Waals surface area contributed by atoms with E-state index in [9.17, 15) is 4.79 Å². The van der Waals surface area contributed by atoms with E-state index in [1.807, 2.05) is 0 Å². The predicted molar refractivity (Wildman–Crippen MR) is 106 cm³/mol. The third kappa shape index (κ3) is 22.7. The van der Waals surface area contributed by atoms with Crippen LogP contribution in [0.3, 0.4) is 0 Å². The number of carbonyl (C=O) groups is 1. The van der Waals surface area contributed by atoms with Crippen LogP contribution >= 0.6 is 0 Å². The van der Waals surface area contributed by atoms with Crippen molar-refractivity contribution in [2.45, 2.75) is 109 Å². The van der Waals surface area contributed by atoms with Crippen molar-refractivity contribution in [2.24, 2.45) is 0 Å². The maximum absolute atomic E-state index is 10.4. The molecule has 0 rings (SSSR count). The Balaban J connectivity index is -0.000000333. The van der Waals surface area contributed by atoms with E-state index in [4.69, 9.17) is 10.2 Å². The average molecular weight is 357 g/mol. The van der Waals surface area contributed by atoms with E-state index in [-0.39, 0.29) is 43.3 Å². The molecule has 0 aliphatic rings. The van der Waals surface area contributed by atoms with Crippen molar-refractivity contribution in [2.75, 3.05) is 0 Å². The predicted octanol–water partition coefficient (Wildman–Crippen LogP) is 3.96. The molecule has 2 N–H and O–H groups in total. The van der Waals surface area contributed by atoms with Gasteiger partial charge < -0.3 is 13.1 Å². The molecule has 0 aromatic carbocycles. The van der Waals surface area contributed by atoms with Crippen LogP contribution in [-0.2, 0) is 4.79 Å². The second-order valence-electron chi connectivity index (χ2n) is 6.24. The fraction of sp³-hybridized carbons (Fsp3) is 0.944. The Morgan fingerprint density at radius 1 is 0.783 bits per heavy atom. The number of rotatable bonds is 16. The Labute approximate surface area is 173 Å². The van der Waals surface area contributed by atoms with Crippen molar-refractivity contribution in [1.82, 2.24) is 0 Å². The molecule has 0 radical (unpaired) electrons. The fourth-order valence-electron chi connectivity index (χ4n) is 2.66. The van der Waals surface area contributed by atoms with E-state index in [1.54, 1.807) is 0 Å². The van der Waals surface area contributed by atoms with Crippen LogP contribution in [0.2, 0.25) is 0 Å². The third-order valence-electron chi connectivity index (χ3n) is 4.12. The summed E-state index contributed by atoms with van der Waals surface area (Å²) in [5, 5.41) is 17.7. The van der Waals surface area contributed by atoms with Crippen LogP contribution in [-0.4, -0.2) is 62.7 Å². The molecular formula is C18H41AlMgO3. The summed E-state index contributed by atoms with van der Waals surface area (Å²) in [5.74, 6) is -1.09. The second-order valence-corrected chi connectivity index (χ2v) is 6.24. The Kier molecular flexibility index (Phi) is 28.2. The van der Waals surface area contributed by atoms with E-state index < -0.39 is 12.1 Å². The maximum Gasteiger partial charge on any atom is 2.00 e. The van der Waals surface area contributed by atoms with Gasteiger partial charge in [-0.2, -0.15) is 0 Å². The Morgan fingerprint density at radius 3 is 1.39 bits per heavy atom. The first-order valence-corrected chi connectivity index (χ1v) is 9.09. The van der Waals surface area contributed by atoms with Crippen LogP contribution in [0.5, 0.6) is 0 Å². The van der Waals surface area contributed by atoms with Gasteiger partial charge >= 0.3 is 29.0 Å². The number of aliphatic hydroxyl groups excluding tert-OH is 1. The number of aliphatic carboxylic acids is 1. The van der Waals surface area contributed by atoms with Gasteiger partial charge in [-0.05, 0) is 6.42 Å². The topological polar surface area (TPSA) is 57.5 Å². The smallest absolute Gasteiger partial charge is 1.00 e. The molecule has 23 heavy (non-hydrogen) atoms. The summed E-state index contributed by atoms with van der Waals surface area (Å²) in [4.78, 5) is 10.4. The van der Waals surface area contributed by atoms with Crippen molar-refractivity contribution in [3.63, 3.8) is 0 Å². The zero-order valence-electron chi connectivity index (χ0n) is 16.7. The molecule has 5 heteroatoms. The number of hydrogen-bond acceptors (Lipinski definition) is 2. The van der Waals surface area contributed by atoms with E-state index in [2.05, 4.69) is 6.92 Å². The van der Waals surface area contributed by atoms with Gasteiger partial charge in [0.15, 0.2) is 23.5 Å². The van der Waals surface area contributed by atoms with Gasteiger partial charge in [0, 0.05) is 0 Å². The molecule has 0 amide bonds. The van der Waals surface area contributed by atoms with Crippen molar-refractivity contribution in [3.8, 4) is 0 Å². The molecule has 0 fully saturated rings. The molecular weight excluding hydrogens is 315 g/mol. The Hall–Kier alpha value is 0.729. The van der Waals surface area contributed by atoms with Crippen molar-refractivity contribution in [1.29, 1.82) is 0 Å². The van der Waals surface area contributed by atoms with E-state index in [0.29, 0.717) is 6.42 Å². The Morgan fingerprint density at radius 2 is 1.09 bits per heavy atom. The van der Waals surface area contributed by atoms with E-state index >= 15 is 0 Å². The average Bonchev–Trinajstić information content (AvgIpc) is 2.47. The van der Waals surface area contributed by atoms with Gasteiger partial charge in [-0.15, -0.1) is 0 Å². The third-order valence-corrected chi connectivity index (χ3v) is 4.12. The van der Waals surface area contributed by atoms with Gasteiger partial charge in [0.05, 0.1) is 0 Å². The number of unbranched alkanes of at least 4 members (excludes halogenated alkanes) is 13. The molecule has 1 unspecified atom stereocenters. The summed E-state index contributed by atoms with van der Waals surface area (Å²) < 4.78 is 0. The van der Waals surface area contributed by atoms with Gasteiger partial charge in [-0.3, -0.25) is 0 Å². The normalized spacial score (nSPS) is 11.4. The molecule has 0 bridgehead atoms. The number of carboxylic acid groups (broad SMARTS) is 1. The summed E-state index contributed by atoms with van der Waals surface area (Å²) in [7, 11) is 0. The van der Waals surface area contributed by atoms with Crippen LogP contribution in [0, 0.1) is 0 Å². The fourth-order valence-corrected chi connectivity index (χ4v) is 2.66. The van der Waals surface area contributed by atoms with Crippen LogP contribution in [0.15, 0.2) is 0 Å². The summed E-state index contributed by atoms with van der Waals surface area (Å²) in [6.07, 6.45) is 17.3. The first-order valence-electron chi connectivity index (χ1n) is 9.09. The molecule has 3 nitrogen and oxygen atoms in total.